The molecule has 3 rings (SSSR count). The first-order valence-electron chi connectivity index (χ1n) is 6.24. The zero-order valence-electron chi connectivity index (χ0n) is 10.9. The fourth-order valence-corrected chi connectivity index (χ4v) is 2.13. The molecule has 0 saturated carbocycles. The van der Waals surface area contributed by atoms with E-state index in [0.717, 1.165) is 5.56 Å². The first kappa shape index (κ1) is 13.5. The van der Waals surface area contributed by atoms with Gasteiger partial charge in [0.15, 0.2) is 17.3 Å². The van der Waals surface area contributed by atoms with Crippen LogP contribution in [0.15, 0.2) is 42.5 Å². The van der Waals surface area contributed by atoms with Gasteiger partial charge in [0.25, 0.3) is 0 Å². The first-order chi connectivity index (χ1) is 10.1. The highest BCUT2D eigenvalue weighted by Gasteiger charge is 2.15. The summed E-state index contributed by atoms with van der Waals surface area (Å²) < 4.78 is 10.4. The third-order valence-corrected chi connectivity index (χ3v) is 3.36. The van der Waals surface area contributed by atoms with Crippen molar-refractivity contribution in [2.45, 2.75) is 0 Å². The van der Waals surface area contributed by atoms with Gasteiger partial charge in [-0.15, -0.1) is 0 Å². The Morgan fingerprint density at radius 3 is 2.76 bits per heavy atom. The molecule has 4 nitrogen and oxygen atoms in total. The van der Waals surface area contributed by atoms with Gasteiger partial charge in [-0.05, 0) is 42.0 Å². The van der Waals surface area contributed by atoms with Gasteiger partial charge in [0.1, 0.15) is 5.75 Å². The molecule has 0 atom stereocenters. The number of hydrogen-bond donors (Lipinski definition) is 1. The summed E-state index contributed by atoms with van der Waals surface area (Å²) in [7, 11) is 0. The third kappa shape index (κ3) is 2.85. The van der Waals surface area contributed by atoms with Crippen LogP contribution in [0.25, 0.3) is 6.08 Å². The monoisotopic (exact) mass is 302 g/mol. The molecule has 0 aliphatic carbocycles. The third-order valence-electron chi connectivity index (χ3n) is 3.06. The molecule has 2 aromatic carbocycles. The predicted molar refractivity (Wildman–Crippen MR) is 79.0 cm³/mol. The number of allylic oxidation sites excluding steroid dienone is 1. The molecule has 0 fully saturated rings. The quantitative estimate of drug-likeness (QED) is 0.694. The number of benzene rings is 2. The molecule has 21 heavy (non-hydrogen) atoms. The Bertz CT molecular complexity index is 737. The Morgan fingerprint density at radius 1 is 1.14 bits per heavy atom. The molecule has 0 spiro atoms. The number of aromatic hydroxyl groups is 1. The molecule has 106 valence electrons. The molecule has 0 saturated heterocycles. The van der Waals surface area contributed by atoms with Crippen molar-refractivity contribution in [3.63, 3.8) is 0 Å². The molecule has 0 aromatic heterocycles. The number of ether oxygens (including phenoxy) is 2. The van der Waals surface area contributed by atoms with E-state index in [1.54, 1.807) is 36.4 Å². The summed E-state index contributed by atoms with van der Waals surface area (Å²) in [4.78, 5) is 12.1. The van der Waals surface area contributed by atoms with E-state index in [4.69, 9.17) is 21.1 Å². The summed E-state index contributed by atoms with van der Waals surface area (Å²) in [5.41, 5.74) is 1.24. The highest BCUT2D eigenvalue weighted by molar-refractivity contribution is 6.32. The summed E-state index contributed by atoms with van der Waals surface area (Å²) in [6, 6.07) is 9.78. The smallest absolute Gasteiger partial charge is 0.231 e. The molecule has 0 radical (unpaired) electrons. The van der Waals surface area contributed by atoms with Crippen molar-refractivity contribution >= 4 is 23.5 Å². The molecule has 0 bridgehead atoms. The topological polar surface area (TPSA) is 55.8 Å². The summed E-state index contributed by atoms with van der Waals surface area (Å²) in [6.45, 7) is 0.175. The molecular weight excluding hydrogens is 292 g/mol. The van der Waals surface area contributed by atoms with E-state index in [-0.39, 0.29) is 23.3 Å². The molecule has 2 aromatic rings. The van der Waals surface area contributed by atoms with E-state index >= 15 is 0 Å². The highest BCUT2D eigenvalue weighted by Crippen LogP contribution is 2.32. The summed E-state index contributed by atoms with van der Waals surface area (Å²) >= 11 is 5.81. The van der Waals surface area contributed by atoms with Crippen molar-refractivity contribution in [1.29, 1.82) is 0 Å². The summed E-state index contributed by atoms with van der Waals surface area (Å²) in [5, 5.41) is 9.58. The van der Waals surface area contributed by atoms with Crippen LogP contribution in [0.4, 0.5) is 0 Å². The molecule has 5 heteroatoms. The van der Waals surface area contributed by atoms with Crippen molar-refractivity contribution in [2.24, 2.45) is 0 Å². The van der Waals surface area contributed by atoms with Gasteiger partial charge in [-0.1, -0.05) is 23.7 Å². The molecule has 0 unspecified atom stereocenters. The van der Waals surface area contributed by atoms with E-state index in [1.165, 1.54) is 12.1 Å². The first-order valence-corrected chi connectivity index (χ1v) is 6.62. The lowest BCUT2D eigenvalue weighted by molar-refractivity contribution is 0.104. The fraction of sp³-hybridized carbons (Fsp3) is 0.0625. The number of hydrogen-bond acceptors (Lipinski definition) is 4. The molecule has 1 N–H and O–H groups in total. The number of halogens is 1. The Morgan fingerprint density at radius 2 is 1.95 bits per heavy atom. The van der Waals surface area contributed by atoms with Crippen LogP contribution >= 0.6 is 11.6 Å². The molecule has 1 aliphatic rings. The Hall–Kier alpha value is -2.46. The Kier molecular flexibility index (Phi) is 3.54. The number of carbonyl (C=O) groups is 1. The van der Waals surface area contributed by atoms with Crippen molar-refractivity contribution < 1.29 is 19.4 Å². The number of carbonyl (C=O) groups excluding carboxylic acids is 1. The van der Waals surface area contributed by atoms with Crippen LogP contribution in [-0.4, -0.2) is 17.7 Å². The van der Waals surface area contributed by atoms with Crippen LogP contribution < -0.4 is 9.47 Å². The van der Waals surface area contributed by atoms with Crippen LogP contribution in [0.2, 0.25) is 5.02 Å². The lowest BCUT2D eigenvalue weighted by atomic mass is 10.1. The maximum absolute atomic E-state index is 12.1. The Balaban J connectivity index is 1.79. The fourth-order valence-electron chi connectivity index (χ4n) is 1.94. The van der Waals surface area contributed by atoms with E-state index in [0.29, 0.717) is 17.1 Å². The van der Waals surface area contributed by atoms with Gasteiger partial charge in [0.2, 0.25) is 6.79 Å². The number of fused-ring (bicyclic) bond motifs is 1. The average molecular weight is 303 g/mol. The van der Waals surface area contributed by atoms with Crippen molar-refractivity contribution in [3.05, 3.63) is 58.6 Å². The van der Waals surface area contributed by atoms with Crippen LogP contribution in [0.3, 0.4) is 0 Å². The van der Waals surface area contributed by atoms with Gasteiger partial charge in [-0.2, -0.15) is 0 Å². The van der Waals surface area contributed by atoms with Crippen LogP contribution in [0, 0.1) is 0 Å². The highest BCUT2D eigenvalue weighted by atomic mass is 35.5. The summed E-state index contributed by atoms with van der Waals surface area (Å²) in [5.74, 6) is 1.07. The average Bonchev–Trinajstić information content (AvgIpc) is 2.95. The minimum absolute atomic E-state index is 0.0101. The minimum Gasteiger partial charge on any atom is -0.506 e. The minimum atomic E-state index is -0.155. The van der Waals surface area contributed by atoms with Crippen molar-refractivity contribution in [2.75, 3.05) is 6.79 Å². The zero-order chi connectivity index (χ0) is 14.8. The second kappa shape index (κ2) is 5.50. The van der Waals surface area contributed by atoms with Crippen LogP contribution in [0.1, 0.15) is 15.9 Å². The lowest BCUT2D eigenvalue weighted by Gasteiger charge is -2.00. The SMILES string of the molecule is O=C(/C=C/c1ccc(O)c(Cl)c1)c1ccc2c(c1)OCO2. The maximum atomic E-state index is 12.1. The van der Waals surface area contributed by atoms with E-state index in [2.05, 4.69) is 0 Å². The maximum Gasteiger partial charge on any atom is 0.231 e. The molecule has 0 amide bonds. The normalized spacial score (nSPS) is 12.8. The Labute approximate surface area is 126 Å². The standard InChI is InChI=1S/C16H11ClO4/c17-12-7-10(2-5-14(12)19)1-4-13(18)11-3-6-15-16(8-11)21-9-20-15/h1-8,19H,9H2/b4-1+. The molecule has 1 heterocycles. The van der Waals surface area contributed by atoms with Gasteiger partial charge in [0.05, 0.1) is 5.02 Å². The molecule has 1 aliphatic heterocycles. The number of rotatable bonds is 3. The van der Waals surface area contributed by atoms with Gasteiger partial charge in [-0.25, -0.2) is 0 Å². The van der Waals surface area contributed by atoms with Crippen LogP contribution in [0.5, 0.6) is 17.2 Å². The van der Waals surface area contributed by atoms with E-state index in [9.17, 15) is 9.90 Å². The van der Waals surface area contributed by atoms with Crippen LogP contribution in [-0.2, 0) is 0 Å². The van der Waals surface area contributed by atoms with Crippen molar-refractivity contribution in [1.82, 2.24) is 0 Å². The zero-order valence-corrected chi connectivity index (χ0v) is 11.6. The van der Waals surface area contributed by atoms with Crippen molar-refractivity contribution in [3.8, 4) is 17.2 Å². The second-order valence-corrected chi connectivity index (χ2v) is 4.88. The number of phenolic OH excluding ortho intramolecular Hbond substituents is 1. The van der Waals surface area contributed by atoms with E-state index in [1.807, 2.05) is 0 Å². The molecular formula is C16H11ClO4. The number of ketones is 1. The lowest BCUT2D eigenvalue weighted by Crippen LogP contribution is -1.94. The second-order valence-electron chi connectivity index (χ2n) is 4.48. The largest absolute Gasteiger partial charge is 0.506 e. The van der Waals surface area contributed by atoms with E-state index < -0.39 is 0 Å². The van der Waals surface area contributed by atoms with Gasteiger partial charge in [-0.3, -0.25) is 4.79 Å². The summed E-state index contributed by atoms with van der Waals surface area (Å²) in [6.07, 6.45) is 3.08. The predicted octanol–water partition coefficient (Wildman–Crippen LogP) is 3.67. The van der Waals surface area contributed by atoms with Gasteiger partial charge >= 0.3 is 0 Å². The van der Waals surface area contributed by atoms with Gasteiger partial charge < -0.3 is 14.6 Å². The number of phenols is 1. The van der Waals surface area contributed by atoms with Gasteiger partial charge in [0, 0.05) is 5.56 Å².